The van der Waals surface area contributed by atoms with Gasteiger partial charge in [-0.05, 0) is 33.3 Å². The number of hydrogen-bond acceptors (Lipinski definition) is 3. The second-order valence-electron chi connectivity index (χ2n) is 5.38. The standard InChI is InChI=1S/C12H19N3O2/c1-12(2,3)17-11(16)14-9-5-7-15-10(8-9)4-6-13-15/h4,6,9H,5,7-8H2,1-3H3,(H,14,16)/t9-/m1/s1. The molecule has 0 unspecified atom stereocenters. The van der Waals surface area contributed by atoms with Gasteiger partial charge in [-0.15, -0.1) is 0 Å². The van der Waals surface area contributed by atoms with Gasteiger partial charge >= 0.3 is 6.09 Å². The van der Waals surface area contributed by atoms with Crippen LogP contribution in [0.15, 0.2) is 12.3 Å². The Bertz CT molecular complexity index is 406. The summed E-state index contributed by atoms with van der Waals surface area (Å²) in [5.41, 5.74) is 0.720. The molecular formula is C12H19N3O2. The van der Waals surface area contributed by atoms with E-state index in [0.29, 0.717) is 0 Å². The predicted molar refractivity (Wildman–Crippen MR) is 63.7 cm³/mol. The van der Waals surface area contributed by atoms with Gasteiger partial charge in [0.15, 0.2) is 0 Å². The lowest BCUT2D eigenvalue weighted by molar-refractivity contribution is 0.0496. The minimum atomic E-state index is -0.444. The molecular weight excluding hydrogens is 218 g/mol. The van der Waals surface area contributed by atoms with E-state index in [4.69, 9.17) is 4.74 Å². The van der Waals surface area contributed by atoms with Crippen molar-refractivity contribution in [1.82, 2.24) is 15.1 Å². The van der Waals surface area contributed by atoms with Gasteiger partial charge in [-0.25, -0.2) is 4.79 Å². The number of ether oxygens (including phenoxy) is 1. The summed E-state index contributed by atoms with van der Waals surface area (Å²) in [6, 6.07) is 2.14. The van der Waals surface area contributed by atoms with Gasteiger partial charge in [0, 0.05) is 30.9 Å². The zero-order valence-electron chi connectivity index (χ0n) is 10.6. The van der Waals surface area contributed by atoms with Crippen LogP contribution in [0, 0.1) is 0 Å². The Hall–Kier alpha value is -1.52. The van der Waals surface area contributed by atoms with E-state index < -0.39 is 5.60 Å². The van der Waals surface area contributed by atoms with Crippen molar-refractivity contribution in [3.05, 3.63) is 18.0 Å². The van der Waals surface area contributed by atoms with E-state index in [2.05, 4.69) is 10.4 Å². The molecule has 2 heterocycles. The summed E-state index contributed by atoms with van der Waals surface area (Å²) in [4.78, 5) is 11.6. The van der Waals surface area contributed by atoms with Crippen molar-refractivity contribution >= 4 is 6.09 Å². The molecule has 5 heteroatoms. The minimum Gasteiger partial charge on any atom is -0.444 e. The first-order valence-corrected chi connectivity index (χ1v) is 5.94. The molecule has 0 aromatic carbocycles. The molecule has 2 rings (SSSR count). The summed E-state index contributed by atoms with van der Waals surface area (Å²) in [6.45, 7) is 6.44. The quantitative estimate of drug-likeness (QED) is 0.809. The topological polar surface area (TPSA) is 56.1 Å². The normalized spacial score (nSPS) is 19.6. The van der Waals surface area contributed by atoms with Gasteiger partial charge in [-0.1, -0.05) is 0 Å². The van der Waals surface area contributed by atoms with Crippen molar-refractivity contribution in [2.45, 2.75) is 51.8 Å². The molecule has 5 nitrogen and oxygen atoms in total. The maximum atomic E-state index is 11.6. The summed E-state index contributed by atoms with van der Waals surface area (Å²) in [7, 11) is 0. The number of aromatic nitrogens is 2. The number of rotatable bonds is 1. The number of aryl methyl sites for hydroxylation is 1. The van der Waals surface area contributed by atoms with Gasteiger partial charge in [0.25, 0.3) is 0 Å². The number of carbonyl (C=O) groups excluding carboxylic acids is 1. The molecule has 0 aliphatic carbocycles. The third-order valence-electron chi connectivity index (χ3n) is 2.67. The minimum absolute atomic E-state index is 0.147. The summed E-state index contributed by atoms with van der Waals surface area (Å²) in [6.07, 6.45) is 3.17. The Kier molecular flexibility index (Phi) is 3.09. The molecule has 1 atom stereocenters. The van der Waals surface area contributed by atoms with E-state index in [-0.39, 0.29) is 12.1 Å². The lowest BCUT2D eigenvalue weighted by atomic mass is 10.0. The molecule has 0 radical (unpaired) electrons. The molecule has 0 fully saturated rings. The van der Waals surface area contributed by atoms with E-state index in [1.807, 2.05) is 31.5 Å². The average Bonchev–Trinajstić information content (AvgIpc) is 2.61. The van der Waals surface area contributed by atoms with Crippen molar-refractivity contribution in [3.63, 3.8) is 0 Å². The Balaban J connectivity index is 1.88. The Morgan fingerprint density at radius 3 is 3.06 bits per heavy atom. The van der Waals surface area contributed by atoms with Gasteiger partial charge in [-0.2, -0.15) is 5.10 Å². The zero-order valence-corrected chi connectivity index (χ0v) is 10.6. The molecule has 0 bridgehead atoms. The maximum Gasteiger partial charge on any atom is 0.407 e. The second-order valence-corrected chi connectivity index (χ2v) is 5.38. The van der Waals surface area contributed by atoms with E-state index >= 15 is 0 Å². The van der Waals surface area contributed by atoms with Gasteiger partial charge in [0.05, 0.1) is 0 Å². The van der Waals surface area contributed by atoms with Crippen LogP contribution in [-0.2, 0) is 17.7 Å². The van der Waals surface area contributed by atoms with E-state index in [0.717, 1.165) is 25.1 Å². The number of nitrogens with zero attached hydrogens (tertiary/aromatic N) is 2. The smallest absolute Gasteiger partial charge is 0.407 e. The molecule has 0 spiro atoms. The summed E-state index contributed by atoms with van der Waals surface area (Å²) < 4.78 is 7.22. The van der Waals surface area contributed by atoms with Crippen molar-refractivity contribution in [2.75, 3.05) is 0 Å². The van der Waals surface area contributed by atoms with Gasteiger partial charge in [0.1, 0.15) is 5.60 Å². The van der Waals surface area contributed by atoms with Crippen LogP contribution in [0.5, 0.6) is 0 Å². The molecule has 1 N–H and O–H groups in total. The van der Waals surface area contributed by atoms with Gasteiger partial charge in [-0.3, -0.25) is 4.68 Å². The van der Waals surface area contributed by atoms with Crippen LogP contribution < -0.4 is 5.32 Å². The van der Waals surface area contributed by atoms with Gasteiger partial charge in [0.2, 0.25) is 0 Å². The fourth-order valence-corrected chi connectivity index (χ4v) is 1.96. The predicted octanol–water partition coefficient (Wildman–Crippen LogP) is 1.72. The van der Waals surface area contributed by atoms with Crippen LogP contribution in [-0.4, -0.2) is 27.5 Å². The van der Waals surface area contributed by atoms with Crippen molar-refractivity contribution in [3.8, 4) is 0 Å². The van der Waals surface area contributed by atoms with Crippen LogP contribution >= 0.6 is 0 Å². The Morgan fingerprint density at radius 2 is 2.35 bits per heavy atom. The van der Waals surface area contributed by atoms with Crippen LogP contribution in [0.25, 0.3) is 0 Å². The number of alkyl carbamates (subject to hydrolysis) is 1. The second kappa shape index (κ2) is 4.39. The van der Waals surface area contributed by atoms with Crippen LogP contribution in [0.2, 0.25) is 0 Å². The third-order valence-corrected chi connectivity index (χ3v) is 2.67. The first-order valence-electron chi connectivity index (χ1n) is 5.94. The summed E-state index contributed by atoms with van der Waals surface area (Å²) >= 11 is 0. The number of amides is 1. The summed E-state index contributed by atoms with van der Waals surface area (Å²) in [5, 5.41) is 7.11. The van der Waals surface area contributed by atoms with E-state index in [1.54, 1.807) is 6.20 Å². The molecule has 1 amide bonds. The lowest BCUT2D eigenvalue weighted by Gasteiger charge is -2.26. The van der Waals surface area contributed by atoms with Gasteiger partial charge < -0.3 is 10.1 Å². The highest BCUT2D eigenvalue weighted by molar-refractivity contribution is 5.68. The zero-order chi connectivity index (χ0) is 12.5. The third kappa shape index (κ3) is 3.22. The number of nitrogens with one attached hydrogen (secondary N) is 1. The van der Waals surface area contributed by atoms with E-state index in [9.17, 15) is 4.79 Å². The SMILES string of the molecule is CC(C)(C)OC(=O)N[C@@H]1CCn2nccc2C1. The first kappa shape index (κ1) is 12.0. The molecule has 94 valence electrons. The molecule has 1 aliphatic rings. The Morgan fingerprint density at radius 1 is 1.59 bits per heavy atom. The fourth-order valence-electron chi connectivity index (χ4n) is 1.96. The van der Waals surface area contributed by atoms with Crippen LogP contribution in [0.1, 0.15) is 32.9 Å². The highest BCUT2D eigenvalue weighted by Gasteiger charge is 2.23. The average molecular weight is 237 g/mol. The van der Waals surface area contributed by atoms with Crippen LogP contribution in [0.4, 0.5) is 4.79 Å². The molecule has 17 heavy (non-hydrogen) atoms. The maximum absolute atomic E-state index is 11.6. The van der Waals surface area contributed by atoms with Crippen molar-refractivity contribution in [2.24, 2.45) is 0 Å². The van der Waals surface area contributed by atoms with E-state index in [1.165, 1.54) is 0 Å². The fraction of sp³-hybridized carbons (Fsp3) is 0.667. The molecule has 0 saturated carbocycles. The lowest BCUT2D eigenvalue weighted by Crippen LogP contribution is -2.42. The molecule has 0 saturated heterocycles. The van der Waals surface area contributed by atoms with Crippen molar-refractivity contribution in [1.29, 1.82) is 0 Å². The number of hydrogen-bond donors (Lipinski definition) is 1. The number of fused-ring (bicyclic) bond motifs is 1. The molecule has 1 aromatic heterocycles. The molecule has 1 aliphatic heterocycles. The highest BCUT2D eigenvalue weighted by Crippen LogP contribution is 2.14. The van der Waals surface area contributed by atoms with Crippen LogP contribution in [0.3, 0.4) is 0 Å². The molecule has 1 aromatic rings. The largest absolute Gasteiger partial charge is 0.444 e. The Labute approximate surface area is 101 Å². The van der Waals surface area contributed by atoms with Crippen molar-refractivity contribution < 1.29 is 9.53 Å². The monoisotopic (exact) mass is 237 g/mol. The highest BCUT2D eigenvalue weighted by atomic mass is 16.6. The first-order chi connectivity index (χ1) is 7.94. The summed E-state index contributed by atoms with van der Waals surface area (Å²) in [5.74, 6) is 0. The number of carbonyl (C=O) groups is 1.